The van der Waals surface area contributed by atoms with Crippen LogP contribution in [0.25, 0.3) is 11.0 Å². The molecule has 0 amide bonds. The summed E-state index contributed by atoms with van der Waals surface area (Å²) in [7, 11) is 0. The van der Waals surface area contributed by atoms with E-state index in [2.05, 4.69) is 73.9 Å². The van der Waals surface area contributed by atoms with Crippen LogP contribution in [0.4, 0.5) is 0 Å². The fraction of sp³-hybridized carbons (Fsp3) is 0.435. The maximum absolute atomic E-state index is 5.62. The van der Waals surface area contributed by atoms with Crippen LogP contribution in [0.3, 0.4) is 0 Å². The molecule has 2 N–H and O–H groups in total. The van der Waals surface area contributed by atoms with Crippen molar-refractivity contribution in [2.45, 2.75) is 58.4 Å². The van der Waals surface area contributed by atoms with Crippen molar-refractivity contribution in [2.75, 3.05) is 6.54 Å². The lowest BCUT2D eigenvalue weighted by atomic mass is 9.87. The van der Waals surface area contributed by atoms with Gasteiger partial charge >= 0.3 is 0 Å². The van der Waals surface area contributed by atoms with Crippen molar-refractivity contribution in [1.82, 2.24) is 9.55 Å². The number of imidazole rings is 1. The van der Waals surface area contributed by atoms with Crippen LogP contribution in [0.1, 0.15) is 57.0 Å². The maximum Gasteiger partial charge on any atom is 0.110 e. The Kier molecular flexibility index (Phi) is 5.77. The normalized spacial score (nSPS) is 12.0. The Hall–Kier alpha value is -2.13. The molecule has 1 aromatic heterocycles. The third-order valence-corrected chi connectivity index (χ3v) is 5.00. The molecule has 0 aliphatic rings. The first kappa shape index (κ1) is 18.7. The Balaban J connectivity index is 1.85. The van der Waals surface area contributed by atoms with E-state index in [1.165, 1.54) is 28.9 Å². The monoisotopic (exact) mass is 349 g/mol. The predicted molar refractivity (Wildman–Crippen MR) is 111 cm³/mol. The van der Waals surface area contributed by atoms with E-state index in [-0.39, 0.29) is 5.41 Å². The zero-order valence-corrected chi connectivity index (χ0v) is 16.3. The molecule has 0 bridgehead atoms. The van der Waals surface area contributed by atoms with E-state index in [0.717, 1.165) is 37.9 Å². The Labute approximate surface area is 157 Å². The first-order valence-electron chi connectivity index (χ1n) is 9.72. The van der Waals surface area contributed by atoms with Crippen LogP contribution in [0.2, 0.25) is 0 Å². The summed E-state index contributed by atoms with van der Waals surface area (Å²) < 4.78 is 2.38. The molecule has 3 nitrogen and oxygen atoms in total. The molecule has 0 fully saturated rings. The average molecular weight is 350 g/mol. The molecule has 2 aromatic carbocycles. The van der Waals surface area contributed by atoms with Gasteiger partial charge in [-0.1, -0.05) is 63.6 Å². The van der Waals surface area contributed by atoms with E-state index in [9.17, 15) is 0 Å². The van der Waals surface area contributed by atoms with Crippen LogP contribution in [0.5, 0.6) is 0 Å². The number of fused-ring (bicyclic) bond motifs is 1. The van der Waals surface area contributed by atoms with Gasteiger partial charge in [0, 0.05) is 13.0 Å². The van der Waals surface area contributed by atoms with E-state index in [0.29, 0.717) is 0 Å². The van der Waals surface area contributed by atoms with Gasteiger partial charge in [0.1, 0.15) is 5.82 Å². The van der Waals surface area contributed by atoms with Gasteiger partial charge in [0.05, 0.1) is 11.0 Å². The standard InChI is InChI=1S/C23H31N3/c1-23(2,3)19-14-12-18(13-15-19)17-26-21-10-7-6-9-20(21)25-22(26)11-5-4-8-16-24/h6-7,9-10,12-15H,4-5,8,11,16-17,24H2,1-3H3. The molecule has 0 saturated heterocycles. The Morgan fingerprint density at radius 3 is 2.35 bits per heavy atom. The number of nitrogens with two attached hydrogens (primary N) is 1. The summed E-state index contributed by atoms with van der Waals surface area (Å²) in [5, 5.41) is 0. The molecule has 0 unspecified atom stereocenters. The topological polar surface area (TPSA) is 43.8 Å². The summed E-state index contributed by atoms with van der Waals surface area (Å²) in [6, 6.07) is 17.5. The summed E-state index contributed by atoms with van der Waals surface area (Å²) in [5.74, 6) is 1.18. The van der Waals surface area contributed by atoms with E-state index >= 15 is 0 Å². The van der Waals surface area contributed by atoms with Crippen LogP contribution in [-0.2, 0) is 18.4 Å². The molecule has 3 rings (SSSR count). The zero-order valence-electron chi connectivity index (χ0n) is 16.3. The third-order valence-electron chi connectivity index (χ3n) is 5.00. The van der Waals surface area contributed by atoms with Crippen LogP contribution >= 0.6 is 0 Å². The van der Waals surface area contributed by atoms with Crippen LogP contribution in [0, 0.1) is 0 Å². The highest BCUT2D eigenvalue weighted by molar-refractivity contribution is 5.76. The molecule has 0 atom stereocenters. The second kappa shape index (κ2) is 8.05. The quantitative estimate of drug-likeness (QED) is 0.606. The van der Waals surface area contributed by atoms with Gasteiger partial charge in [-0.25, -0.2) is 4.98 Å². The second-order valence-corrected chi connectivity index (χ2v) is 8.15. The highest BCUT2D eigenvalue weighted by Gasteiger charge is 2.14. The predicted octanol–water partition coefficient (Wildman–Crippen LogP) is 5.05. The van der Waals surface area contributed by atoms with Crippen molar-refractivity contribution in [3.8, 4) is 0 Å². The molecule has 0 radical (unpaired) electrons. The molecule has 26 heavy (non-hydrogen) atoms. The fourth-order valence-corrected chi connectivity index (χ4v) is 3.39. The molecule has 1 heterocycles. The Bertz CT molecular complexity index is 838. The van der Waals surface area contributed by atoms with E-state index in [4.69, 9.17) is 10.7 Å². The number of nitrogens with zero attached hydrogens (tertiary/aromatic N) is 2. The number of hydrogen-bond donors (Lipinski definition) is 1. The van der Waals surface area contributed by atoms with E-state index in [1.54, 1.807) is 0 Å². The molecule has 0 saturated carbocycles. The summed E-state index contributed by atoms with van der Waals surface area (Å²) in [6.07, 6.45) is 4.41. The van der Waals surface area contributed by atoms with Gasteiger partial charge in [0.2, 0.25) is 0 Å². The van der Waals surface area contributed by atoms with Gasteiger partial charge < -0.3 is 10.3 Å². The first-order valence-corrected chi connectivity index (χ1v) is 9.72. The van der Waals surface area contributed by atoms with Crippen molar-refractivity contribution in [3.63, 3.8) is 0 Å². The maximum atomic E-state index is 5.62. The average Bonchev–Trinajstić information content (AvgIpc) is 2.96. The lowest BCUT2D eigenvalue weighted by Gasteiger charge is -2.19. The van der Waals surface area contributed by atoms with Gasteiger partial charge in [-0.3, -0.25) is 0 Å². The Morgan fingerprint density at radius 2 is 1.65 bits per heavy atom. The molecule has 0 spiro atoms. The van der Waals surface area contributed by atoms with Crippen molar-refractivity contribution in [3.05, 3.63) is 65.5 Å². The summed E-state index contributed by atoms with van der Waals surface area (Å²) in [6.45, 7) is 8.41. The number of hydrogen-bond acceptors (Lipinski definition) is 2. The number of aryl methyl sites for hydroxylation is 1. The largest absolute Gasteiger partial charge is 0.330 e. The smallest absolute Gasteiger partial charge is 0.110 e. The highest BCUT2D eigenvalue weighted by atomic mass is 15.1. The van der Waals surface area contributed by atoms with Gasteiger partial charge in [-0.15, -0.1) is 0 Å². The SMILES string of the molecule is CC(C)(C)c1ccc(Cn2c(CCCCCN)nc3ccccc32)cc1. The molecular formula is C23H31N3. The van der Waals surface area contributed by atoms with Crippen molar-refractivity contribution in [2.24, 2.45) is 5.73 Å². The number of rotatable bonds is 7. The van der Waals surface area contributed by atoms with Crippen LogP contribution in [-0.4, -0.2) is 16.1 Å². The molecule has 0 aliphatic carbocycles. The van der Waals surface area contributed by atoms with Gasteiger partial charge in [-0.2, -0.15) is 0 Å². The minimum Gasteiger partial charge on any atom is -0.330 e. The summed E-state index contributed by atoms with van der Waals surface area (Å²) in [5.41, 5.74) is 10.8. The lowest BCUT2D eigenvalue weighted by Crippen LogP contribution is -2.11. The van der Waals surface area contributed by atoms with Gasteiger partial charge in [0.25, 0.3) is 0 Å². The molecule has 3 heteroatoms. The molecule has 3 aromatic rings. The molecular weight excluding hydrogens is 318 g/mol. The van der Waals surface area contributed by atoms with Crippen molar-refractivity contribution >= 4 is 11.0 Å². The third kappa shape index (κ3) is 4.34. The molecule has 0 aliphatic heterocycles. The zero-order chi connectivity index (χ0) is 18.6. The number of aromatic nitrogens is 2. The number of para-hydroxylation sites is 2. The van der Waals surface area contributed by atoms with Crippen LogP contribution < -0.4 is 5.73 Å². The van der Waals surface area contributed by atoms with Crippen LogP contribution in [0.15, 0.2) is 48.5 Å². The molecule has 138 valence electrons. The highest BCUT2D eigenvalue weighted by Crippen LogP contribution is 2.24. The fourth-order valence-electron chi connectivity index (χ4n) is 3.39. The van der Waals surface area contributed by atoms with E-state index < -0.39 is 0 Å². The summed E-state index contributed by atoms with van der Waals surface area (Å²) in [4.78, 5) is 4.90. The van der Waals surface area contributed by atoms with Gasteiger partial charge in [0.15, 0.2) is 0 Å². The van der Waals surface area contributed by atoms with E-state index in [1.807, 2.05) is 0 Å². The lowest BCUT2D eigenvalue weighted by molar-refractivity contribution is 0.589. The van der Waals surface area contributed by atoms with Crippen molar-refractivity contribution in [1.29, 1.82) is 0 Å². The number of unbranched alkanes of at least 4 members (excludes halogenated alkanes) is 2. The Morgan fingerprint density at radius 1 is 0.923 bits per heavy atom. The minimum absolute atomic E-state index is 0.189. The van der Waals surface area contributed by atoms with Crippen molar-refractivity contribution < 1.29 is 0 Å². The number of benzene rings is 2. The summed E-state index contributed by atoms with van der Waals surface area (Å²) >= 11 is 0. The minimum atomic E-state index is 0.189. The second-order valence-electron chi connectivity index (χ2n) is 8.15. The van der Waals surface area contributed by atoms with Gasteiger partial charge in [-0.05, 0) is 48.1 Å². The first-order chi connectivity index (χ1) is 12.5.